The van der Waals surface area contributed by atoms with E-state index in [2.05, 4.69) is 18.0 Å². The summed E-state index contributed by atoms with van der Waals surface area (Å²) >= 11 is 0. The summed E-state index contributed by atoms with van der Waals surface area (Å²) < 4.78 is 0. The first kappa shape index (κ1) is 9.64. The highest BCUT2D eigenvalue weighted by Crippen LogP contribution is 2.34. The number of carbonyl (C=O) groups excluding carboxylic acids is 1. The quantitative estimate of drug-likeness (QED) is 0.778. The third kappa shape index (κ3) is 1.54. The maximum absolute atomic E-state index is 12.1. The second kappa shape index (κ2) is 3.48. The fourth-order valence-electron chi connectivity index (χ4n) is 2.28. The predicted molar refractivity (Wildman–Crippen MR) is 64.7 cm³/mol. The molecule has 1 aromatic heterocycles. The molecule has 0 unspecified atom stereocenters. The molecule has 1 aliphatic carbocycles. The number of hydrogen-bond donors (Lipinski definition) is 1. The van der Waals surface area contributed by atoms with Crippen LogP contribution in [0.1, 0.15) is 35.2 Å². The van der Waals surface area contributed by atoms with E-state index in [1.165, 1.54) is 18.4 Å². The summed E-state index contributed by atoms with van der Waals surface area (Å²) in [5.74, 6) is 0.949. The number of rotatable bonds is 3. The van der Waals surface area contributed by atoms with Gasteiger partial charge in [-0.2, -0.15) is 0 Å². The highest BCUT2D eigenvalue weighted by molar-refractivity contribution is 6.09. The molecule has 1 saturated carbocycles. The van der Waals surface area contributed by atoms with E-state index in [0.29, 0.717) is 11.7 Å². The van der Waals surface area contributed by atoms with Crippen LogP contribution in [0.25, 0.3) is 10.9 Å². The lowest BCUT2D eigenvalue weighted by molar-refractivity contribution is 0.0977. The highest BCUT2D eigenvalue weighted by Gasteiger charge is 2.26. The van der Waals surface area contributed by atoms with E-state index in [0.717, 1.165) is 22.9 Å². The van der Waals surface area contributed by atoms with Crippen molar-refractivity contribution >= 4 is 16.7 Å². The standard InChI is InChI=1S/C14H15NO/c1-9-3-2-4-12-14(9)11(8-15-12)13(16)7-10-5-6-10/h2-4,8,10,15H,5-7H2,1H3. The Balaban J connectivity index is 2.05. The molecular weight excluding hydrogens is 198 g/mol. The van der Waals surface area contributed by atoms with Gasteiger partial charge in [-0.15, -0.1) is 0 Å². The Morgan fingerprint density at radius 2 is 2.25 bits per heavy atom. The largest absolute Gasteiger partial charge is 0.360 e. The number of benzene rings is 1. The summed E-state index contributed by atoms with van der Waals surface area (Å²) in [6, 6.07) is 6.10. The molecule has 1 aliphatic rings. The maximum atomic E-state index is 12.1. The van der Waals surface area contributed by atoms with Gasteiger partial charge in [0, 0.05) is 29.1 Å². The number of ketones is 1. The lowest BCUT2D eigenvalue weighted by Gasteiger charge is -2.00. The van der Waals surface area contributed by atoms with Gasteiger partial charge in [-0.05, 0) is 37.3 Å². The van der Waals surface area contributed by atoms with Gasteiger partial charge < -0.3 is 4.98 Å². The van der Waals surface area contributed by atoms with Gasteiger partial charge >= 0.3 is 0 Å². The summed E-state index contributed by atoms with van der Waals surface area (Å²) in [6.07, 6.45) is 5.05. The Morgan fingerprint density at radius 3 is 3.00 bits per heavy atom. The number of nitrogens with one attached hydrogen (secondary N) is 1. The molecule has 0 atom stereocenters. The van der Waals surface area contributed by atoms with Crippen molar-refractivity contribution in [2.45, 2.75) is 26.2 Å². The molecule has 0 saturated heterocycles. The first-order chi connectivity index (χ1) is 7.75. The topological polar surface area (TPSA) is 32.9 Å². The summed E-state index contributed by atoms with van der Waals surface area (Å²) in [4.78, 5) is 15.3. The minimum absolute atomic E-state index is 0.294. The number of aromatic nitrogens is 1. The average Bonchev–Trinajstić information content (AvgIpc) is 2.96. The van der Waals surface area contributed by atoms with Crippen molar-refractivity contribution < 1.29 is 4.79 Å². The van der Waals surface area contributed by atoms with Crippen LogP contribution in [0.2, 0.25) is 0 Å². The van der Waals surface area contributed by atoms with Gasteiger partial charge in [-0.25, -0.2) is 0 Å². The lowest BCUT2D eigenvalue weighted by atomic mass is 10.0. The fourth-order valence-corrected chi connectivity index (χ4v) is 2.28. The van der Waals surface area contributed by atoms with Crippen LogP contribution in [0.15, 0.2) is 24.4 Å². The summed E-state index contributed by atoms with van der Waals surface area (Å²) in [5.41, 5.74) is 3.12. The van der Waals surface area contributed by atoms with Crippen molar-refractivity contribution in [3.05, 3.63) is 35.5 Å². The Bertz CT molecular complexity index is 549. The summed E-state index contributed by atoms with van der Waals surface area (Å²) in [7, 11) is 0. The zero-order valence-corrected chi connectivity index (χ0v) is 9.42. The SMILES string of the molecule is Cc1cccc2[nH]cc(C(=O)CC3CC3)c12. The van der Waals surface area contributed by atoms with Crippen LogP contribution in [-0.4, -0.2) is 10.8 Å². The normalized spacial score (nSPS) is 15.6. The number of aryl methyl sites for hydroxylation is 1. The molecule has 2 aromatic rings. The fraction of sp³-hybridized carbons (Fsp3) is 0.357. The van der Waals surface area contributed by atoms with E-state index in [1.807, 2.05) is 18.3 Å². The third-order valence-electron chi connectivity index (χ3n) is 3.39. The van der Waals surface area contributed by atoms with Crippen LogP contribution in [0.4, 0.5) is 0 Å². The van der Waals surface area contributed by atoms with Crippen LogP contribution in [-0.2, 0) is 0 Å². The molecule has 0 spiro atoms. The Morgan fingerprint density at radius 1 is 1.44 bits per heavy atom. The number of carbonyl (C=O) groups is 1. The molecule has 1 aromatic carbocycles. The summed E-state index contributed by atoms with van der Waals surface area (Å²) in [6.45, 7) is 2.06. The third-order valence-corrected chi connectivity index (χ3v) is 3.39. The van der Waals surface area contributed by atoms with E-state index in [9.17, 15) is 4.79 Å². The van der Waals surface area contributed by atoms with E-state index >= 15 is 0 Å². The number of Topliss-reactive ketones (excluding diaryl/α,β-unsaturated/α-hetero) is 1. The zero-order chi connectivity index (χ0) is 11.1. The van der Waals surface area contributed by atoms with Crippen molar-refractivity contribution in [1.29, 1.82) is 0 Å². The Kier molecular flexibility index (Phi) is 2.10. The van der Waals surface area contributed by atoms with Crippen LogP contribution in [0, 0.1) is 12.8 Å². The number of H-pyrrole nitrogens is 1. The number of aromatic amines is 1. The van der Waals surface area contributed by atoms with Crippen LogP contribution < -0.4 is 0 Å². The zero-order valence-electron chi connectivity index (χ0n) is 9.42. The predicted octanol–water partition coefficient (Wildman–Crippen LogP) is 3.46. The maximum Gasteiger partial charge on any atom is 0.165 e. The lowest BCUT2D eigenvalue weighted by Crippen LogP contribution is -1.99. The monoisotopic (exact) mass is 213 g/mol. The van der Waals surface area contributed by atoms with Crippen LogP contribution >= 0.6 is 0 Å². The van der Waals surface area contributed by atoms with Gasteiger partial charge in [0.05, 0.1) is 0 Å². The van der Waals surface area contributed by atoms with Gasteiger partial charge in [0.2, 0.25) is 0 Å². The van der Waals surface area contributed by atoms with Crippen molar-refractivity contribution in [1.82, 2.24) is 4.98 Å². The van der Waals surface area contributed by atoms with Crippen molar-refractivity contribution in [3.63, 3.8) is 0 Å². The molecule has 3 rings (SSSR count). The smallest absolute Gasteiger partial charge is 0.165 e. The van der Waals surface area contributed by atoms with Gasteiger partial charge in [-0.1, -0.05) is 12.1 Å². The summed E-state index contributed by atoms with van der Waals surface area (Å²) in [5, 5.41) is 1.10. The molecule has 1 heterocycles. The van der Waals surface area contributed by atoms with Gasteiger partial charge in [-0.3, -0.25) is 4.79 Å². The minimum Gasteiger partial charge on any atom is -0.360 e. The second-order valence-corrected chi connectivity index (χ2v) is 4.77. The van der Waals surface area contributed by atoms with Gasteiger partial charge in [0.25, 0.3) is 0 Å². The molecule has 0 bridgehead atoms. The first-order valence-corrected chi connectivity index (χ1v) is 5.85. The molecule has 82 valence electrons. The van der Waals surface area contributed by atoms with Gasteiger partial charge in [0.15, 0.2) is 5.78 Å². The minimum atomic E-state index is 0.294. The Hall–Kier alpha value is -1.57. The van der Waals surface area contributed by atoms with Crippen LogP contribution in [0.3, 0.4) is 0 Å². The van der Waals surface area contributed by atoms with Gasteiger partial charge in [0.1, 0.15) is 0 Å². The highest BCUT2D eigenvalue weighted by atomic mass is 16.1. The van der Waals surface area contributed by atoms with Crippen molar-refractivity contribution in [2.75, 3.05) is 0 Å². The molecule has 0 amide bonds. The van der Waals surface area contributed by atoms with E-state index in [4.69, 9.17) is 0 Å². The van der Waals surface area contributed by atoms with Crippen molar-refractivity contribution in [3.8, 4) is 0 Å². The molecule has 1 fully saturated rings. The average molecular weight is 213 g/mol. The second-order valence-electron chi connectivity index (χ2n) is 4.77. The van der Waals surface area contributed by atoms with E-state index in [1.54, 1.807) is 0 Å². The first-order valence-electron chi connectivity index (χ1n) is 5.85. The van der Waals surface area contributed by atoms with Crippen LogP contribution in [0.5, 0.6) is 0 Å². The van der Waals surface area contributed by atoms with E-state index < -0.39 is 0 Å². The molecule has 0 radical (unpaired) electrons. The number of hydrogen-bond acceptors (Lipinski definition) is 1. The molecule has 2 heteroatoms. The molecule has 16 heavy (non-hydrogen) atoms. The molecular formula is C14H15NO. The van der Waals surface area contributed by atoms with Crippen molar-refractivity contribution in [2.24, 2.45) is 5.92 Å². The molecule has 0 aliphatic heterocycles. The Labute approximate surface area is 94.7 Å². The molecule has 1 N–H and O–H groups in total. The number of fused-ring (bicyclic) bond motifs is 1. The van der Waals surface area contributed by atoms with E-state index in [-0.39, 0.29) is 0 Å². The molecule has 2 nitrogen and oxygen atoms in total.